The van der Waals surface area contributed by atoms with Gasteiger partial charge in [-0.3, -0.25) is 4.79 Å². The number of benzene rings is 1. The Hall–Kier alpha value is -1.40. The van der Waals surface area contributed by atoms with Gasteiger partial charge in [0.2, 0.25) is 0 Å². The Labute approximate surface area is 116 Å². The molecule has 1 saturated heterocycles. The maximum absolute atomic E-state index is 12.1. The molecule has 1 heterocycles. The van der Waals surface area contributed by atoms with Crippen LogP contribution in [0, 0.1) is 0 Å². The van der Waals surface area contributed by atoms with E-state index >= 15 is 0 Å². The first kappa shape index (κ1) is 15.7. The van der Waals surface area contributed by atoms with Crippen molar-refractivity contribution in [1.82, 2.24) is 10.2 Å². The number of carbonyl (C=O) groups is 1. The lowest BCUT2D eigenvalue weighted by Gasteiger charge is -2.35. The van der Waals surface area contributed by atoms with Crippen molar-refractivity contribution < 1.29 is 18.3 Å². The number of carbonyl (C=O) groups excluding carboxylic acids is 1. The number of nitrogens with zero attached hydrogens (tertiary/aromatic N) is 1. The molecule has 1 aliphatic rings. The standard InChI is InChI=1S/C12H14F2N2O2.ClH/c1-16(9-6-15-7-9)11(17)8-3-2-4-10(5-8)18-12(13)14;/h2-5,9,12,15H,6-7H2,1H3;1H. The summed E-state index contributed by atoms with van der Waals surface area (Å²) in [5.74, 6) is -0.197. The molecule has 1 amide bonds. The van der Waals surface area contributed by atoms with E-state index in [0.717, 1.165) is 13.1 Å². The number of nitrogens with one attached hydrogen (secondary N) is 1. The monoisotopic (exact) mass is 292 g/mol. The van der Waals surface area contributed by atoms with E-state index in [0.29, 0.717) is 5.56 Å². The molecule has 0 saturated carbocycles. The van der Waals surface area contributed by atoms with E-state index < -0.39 is 6.61 Å². The number of hydrogen-bond acceptors (Lipinski definition) is 3. The Morgan fingerprint density at radius 2 is 2.16 bits per heavy atom. The van der Waals surface area contributed by atoms with Gasteiger partial charge in [-0.05, 0) is 18.2 Å². The molecule has 1 fully saturated rings. The number of rotatable bonds is 4. The van der Waals surface area contributed by atoms with E-state index in [1.807, 2.05) is 0 Å². The van der Waals surface area contributed by atoms with Gasteiger partial charge >= 0.3 is 6.61 Å². The normalized spacial score (nSPS) is 14.5. The van der Waals surface area contributed by atoms with Gasteiger partial charge in [-0.15, -0.1) is 12.4 Å². The number of hydrogen-bond donors (Lipinski definition) is 1. The summed E-state index contributed by atoms with van der Waals surface area (Å²) in [5.41, 5.74) is 0.350. The highest BCUT2D eigenvalue weighted by molar-refractivity contribution is 5.94. The highest BCUT2D eigenvalue weighted by Gasteiger charge is 2.26. The predicted octanol–water partition coefficient (Wildman–Crippen LogP) is 1.75. The lowest BCUT2D eigenvalue weighted by molar-refractivity contribution is -0.0499. The Balaban J connectivity index is 0.00000180. The van der Waals surface area contributed by atoms with E-state index in [4.69, 9.17) is 0 Å². The molecule has 0 spiro atoms. The van der Waals surface area contributed by atoms with Gasteiger partial charge in [-0.1, -0.05) is 6.07 Å². The van der Waals surface area contributed by atoms with Crippen molar-refractivity contribution in [3.05, 3.63) is 29.8 Å². The van der Waals surface area contributed by atoms with Gasteiger partial charge in [0.25, 0.3) is 5.91 Å². The third kappa shape index (κ3) is 3.78. The first-order valence-corrected chi connectivity index (χ1v) is 5.60. The second-order valence-electron chi connectivity index (χ2n) is 4.13. The summed E-state index contributed by atoms with van der Waals surface area (Å²) < 4.78 is 28.4. The van der Waals surface area contributed by atoms with Crippen LogP contribution in [0.15, 0.2) is 24.3 Å². The molecule has 0 bridgehead atoms. The lowest BCUT2D eigenvalue weighted by atomic mass is 10.1. The molecule has 1 aromatic rings. The van der Waals surface area contributed by atoms with Gasteiger partial charge in [-0.25, -0.2) is 0 Å². The second kappa shape index (κ2) is 6.68. The van der Waals surface area contributed by atoms with Crippen LogP contribution in [0.25, 0.3) is 0 Å². The summed E-state index contributed by atoms with van der Waals surface area (Å²) in [4.78, 5) is 13.7. The van der Waals surface area contributed by atoms with Crippen molar-refractivity contribution in [2.45, 2.75) is 12.7 Å². The zero-order valence-electron chi connectivity index (χ0n) is 10.3. The number of likely N-dealkylation sites (N-methyl/N-ethyl adjacent to an activating group) is 1. The van der Waals surface area contributed by atoms with Crippen LogP contribution in [-0.2, 0) is 0 Å². The fraction of sp³-hybridized carbons (Fsp3) is 0.417. The molecule has 0 atom stereocenters. The molecule has 7 heteroatoms. The Morgan fingerprint density at radius 1 is 1.47 bits per heavy atom. The molecule has 106 valence electrons. The molecule has 0 aliphatic carbocycles. The molecule has 1 aromatic carbocycles. The van der Waals surface area contributed by atoms with Crippen LogP contribution in [0.1, 0.15) is 10.4 Å². The molecule has 1 aliphatic heterocycles. The fourth-order valence-electron chi connectivity index (χ4n) is 1.72. The molecule has 0 unspecified atom stereocenters. The predicted molar refractivity (Wildman–Crippen MR) is 69.1 cm³/mol. The van der Waals surface area contributed by atoms with Gasteiger partial charge in [0, 0.05) is 25.7 Å². The average Bonchev–Trinajstić information content (AvgIpc) is 2.25. The molecule has 0 radical (unpaired) electrons. The minimum absolute atomic E-state index is 0. The van der Waals surface area contributed by atoms with Crippen molar-refractivity contribution >= 4 is 18.3 Å². The van der Waals surface area contributed by atoms with Gasteiger partial charge in [0.15, 0.2) is 0 Å². The number of halogens is 3. The van der Waals surface area contributed by atoms with Gasteiger partial charge in [0.1, 0.15) is 5.75 Å². The van der Waals surface area contributed by atoms with Crippen LogP contribution in [-0.4, -0.2) is 43.6 Å². The minimum Gasteiger partial charge on any atom is -0.435 e. The van der Waals surface area contributed by atoms with E-state index in [9.17, 15) is 13.6 Å². The van der Waals surface area contributed by atoms with Crippen LogP contribution in [0.2, 0.25) is 0 Å². The van der Waals surface area contributed by atoms with Gasteiger partial charge < -0.3 is 15.0 Å². The Morgan fingerprint density at radius 3 is 2.68 bits per heavy atom. The first-order chi connectivity index (χ1) is 8.58. The second-order valence-corrected chi connectivity index (χ2v) is 4.13. The maximum atomic E-state index is 12.1. The van der Waals surface area contributed by atoms with Crippen molar-refractivity contribution in [2.24, 2.45) is 0 Å². The zero-order chi connectivity index (χ0) is 13.1. The highest BCUT2D eigenvalue weighted by atomic mass is 35.5. The third-order valence-corrected chi connectivity index (χ3v) is 2.93. The van der Waals surface area contributed by atoms with Gasteiger partial charge in [-0.2, -0.15) is 8.78 Å². The summed E-state index contributed by atoms with van der Waals surface area (Å²) in [7, 11) is 1.70. The zero-order valence-corrected chi connectivity index (χ0v) is 11.1. The Bertz CT molecular complexity index is 441. The summed E-state index contributed by atoms with van der Waals surface area (Å²) in [6.45, 7) is -1.37. The summed E-state index contributed by atoms with van der Waals surface area (Å²) >= 11 is 0. The molecular weight excluding hydrogens is 278 g/mol. The van der Waals surface area contributed by atoms with Crippen molar-refractivity contribution in [1.29, 1.82) is 0 Å². The topological polar surface area (TPSA) is 41.6 Å². The minimum atomic E-state index is -2.89. The number of ether oxygens (including phenoxy) is 1. The third-order valence-electron chi connectivity index (χ3n) is 2.93. The average molecular weight is 293 g/mol. The van der Waals surface area contributed by atoms with Crippen LogP contribution in [0.5, 0.6) is 5.75 Å². The smallest absolute Gasteiger partial charge is 0.387 e. The van der Waals surface area contributed by atoms with Crippen molar-refractivity contribution in [2.75, 3.05) is 20.1 Å². The lowest BCUT2D eigenvalue weighted by Crippen LogP contribution is -2.57. The van der Waals surface area contributed by atoms with E-state index in [-0.39, 0.29) is 30.1 Å². The summed E-state index contributed by atoms with van der Waals surface area (Å²) in [6.07, 6.45) is 0. The van der Waals surface area contributed by atoms with Crippen LogP contribution < -0.4 is 10.1 Å². The van der Waals surface area contributed by atoms with Crippen molar-refractivity contribution in [3.63, 3.8) is 0 Å². The fourth-order valence-corrected chi connectivity index (χ4v) is 1.72. The molecule has 1 N–H and O–H groups in total. The molecule has 2 rings (SSSR count). The van der Waals surface area contributed by atoms with E-state index in [1.54, 1.807) is 18.0 Å². The summed E-state index contributed by atoms with van der Waals surface area (Å²) in [5, 5.41) is 3.07. The number of amides is 1. The van der Waals surface area contributed by atoms with Crippen LogP contribution in [0.3, 0.4) is 0 Å². The summed E-state index contributed by atoms with van der Waals surface area (Å²) in [6, 6.07) is 6.00. The number of alkyl halides is 2. The quantitative estimate of drug-likeness (QED) is 0.919. The van der Waals surface area contributed by atoms with E-state index in [2.05, 4.69) is 10.1 Å². The molecular formula is C12H15ClF2N2O2. The van der Waals surface area contributed by atoms with Crippen LogP contribution in [0.4, 0.5) is 8.78 Å². The van der Waals surface area contributed by atoms with E-state index in [1.165, 1.54) is 18.2 Å². The van der Waals surface area contributed by atoms with Crippen LogP contribution >= 0.6 is 12.4 Å². The Kier molecular flexibility index (Phi) is 5.50. The largest absolute Gasteiger partial charge is 0.435 e. The molecule has 0 aromatic heterocycles. The molecule has 4 nitrogen and oxygen atoms in total. The highest BCUT2D eigenvalue weighted by Crippen LogP contribution is 2.18. The first-order valence-electron chi connectivity index (χ1n) is 5.60. The SMILES string of the molecule is CN(C(=O)c1cccc(OC(F)F)c1)C1CNC1.Cl. The maximum Gasteiger partial charge on any atom is 0.387 e. The van der Waals surface area contributed by atoms with Crippen molar-refractivity contribution in [3.8, 4) is 5.75 Å². The van der Waals surface area contributed by atoms with Gasteiger partial charge in [0.05, 0.1) is 6.04 Å². The molecule has 19 heavy (non-hydrogen) atoms.